The lowest BCUT2D eigenvalue weighted by molar-refractivity contribution is 0.302. The molecule has 0 spiro atoms. The Labute approximate surface area is 121 Å². The molecule has 2 rings (SSSR count). The molecule has 0 aromatic rings. The van der Waals surface area contributed by atoms with Crippen molar-refractivity contribution in [3.8, 4) is 0 Å². The standard InChI is InChI=1S/C9H17ClN2O6P2/c10-7-2-3-8-11-9(19(13,14)15,20(16,17)18)4-1-5-12(8)6-7/h7H,1-6H2,(H2,13,14,15)(H2,16,17,18). The van der Waals surface area contributed by atoms with Gasteiger partial charge in [0.2, 0.25) is 0 Å². The summed E-state index contributed by atoms with van der Waals surface area (Å²) in [6, 6.07) is 0. The summed E-state index contributed by atoms with van der Waals surface area (Å²) < 4.78 is 23.4. The quantitative estimate of drug-likeness (QED) is 0.431. The van der Waals surface area contributed by atoms with Crippen molar-refractivity contribution in [1.82, 2.24) is 4.90 Å². The first kappa shape index (κ1) is 16.4. The Morgan fingerprint density at radius 2 is 1.85 bits per heavy atom. The van der Waals surface area contributed by atoms with Crippen molar-refractivity contribution in [2.24, 2.45) is 4.99 Å². The van der Waals surface area contributed by atoms with Gasteiger partial charge in [-0.15, -0.1) is 11.6 Å². The number of amidine groups is 1. The minimum Gasteiger partial charge on any atom is -0.359 e. The Kier molecular flexibility index (Phi) is 4.40. The third kappa shape index (κ3) is 2.83. The first-order valence-electron chi connectivity index (χ1n) is 6.16. The average Bonchev–Trinajstić information content (AvgIpc) is 2.46. The number of piperidine rings is 1. The smallest absolute Gasteiger partial charge is 0.359 e. The SMILES string of the molecule is O=P(O)(O)C1(P(=O)(O)O)CCCN2CC(Cl)CCC2=N1. The van der Waals surface area contributed by atoms with Crippen molar-refractivity contribution in [1.29, 1.82) is 0 Å². The van der Waals surface area contributed by atoms with Gasteiger partial charge in [-0.3, -0.25) is 9.13 Å². The molecule has 1 atom stereocenters. The van der Waals surface area contributed by atoms with Crippen LogP contribution in [0.15, 0.2) is 4.99 Å². The van der Waals surface area contributed by atoms with Gasteiger partial charge in [0.15, 0.2) is 0 Å². The van der Waals surface area contributed by atoms with E-state index < -0.39 is 20.2 Å². The number of aliphatic imine (C=N–C) groups is 1. The van der Waals surface area contributed by atoms with Crippen molar-refractivity contribution in [3.63, 3.8) is 0 Å². The van der Waals surface area contributed by atoms with Gasteiger partial charge < -0.3 is 24.5 Å². The van der Waals surface area contributed by atoms with E-state index in [0.717, 1.165) is 0 Å². The summed E-state index contributed by atoms with van der Waals surface area (Å²) in [4.78, 5) is 43.5. The lowest BCUT2D eigenvalue weighted by Gasteiger charge is -2.33. The Hall–Kier alpha value is 0.0600. The van der Waals surface area contributed by atoms with Crippen LogP contribution in [0.3, 0.4) is 0 Å². The van der Waals surface area contributed by atoms with E-state index in [1.165, 1.54) is 0 Å². The molecule has 0 aromatic carbocycles. The van der Waals surface area contributed by atoms with Crippen molar-refractivity contribution in [2.45, 2.75) is 36.1 Å². The largest absolute Gasteiger partial charge is 0.365 e. The summed E-state index contributed by atoms with van der Waals surface area (Å²) in [6.07, 6.45) is 0.798. The predicted molar refractivity (Wildman–Crippen MR) is 73.9 cm³/mol. The highest BCUT2D eigenvalue weighted by Crippen LogP contribution is 2.72. The fraction of sp³-hybridized carbons (Fsp3) is 0.889. The number of hydrogen-bond acceptors (Lipinski definition) is 4. The fourth-order valence-electron chi connectivity index (χ4n) is 2.59. The Morgan fingerprint density at radius 1 is 1.25 bits per heavy atom. The number of rotatable bonds is 2. The van der Waals surface area contributed by atoms with Gasteiger partial charge in [-0.25, -0.2) is 4.99 Å². The van der Waals surface area contributed by atoms with Crippen LogP contribution in [0.2, 0.25) is 0 Å². The first-order chi connectivity index (χ1) is 9.07. The van der Waals surface area contributed by atoms with Crippen molar-refractivity contribution < 1.29 is 28.7 Å². The van der Waals surface area contributed by atoms with Gasteiger partial charge in [0.05, 0.1) is 5.38 Å². The molecular weight excluding hydrogens is 330 g/mol. The third-order valence-corrected chi connectivity index (χ3v) is 8.08. The van der Waals surface area contributed by atoms with Gasteiger partial charge in [-0.2, -0.15) is 0 Å². The molecule has 1 fully saturated rings. The molecule has 0 aromatic heterocycles. The highest BCUT2D eigenvalue weighted by molar-refractivity contribution is 7.72. The van der Waals surface area contributed by atoms with Gasteiger partial charge in [0.25, 0.3) is 5.02 Å². The Morgan fingerprint density at radius 3 is 2.40 bits per heavy atom. The summed E-state index contributed by atoms with van der Waals surface area (Å²) in [5.74, 6) is 0.325. The van der Waals surface area contributed by atoms with Gasteiger partial charge in [-0.1, -0.05) is 0 Å². The lowest BCUT2D eigenvalue weighted by atomic mass is 10.1. The molecule has 0 aliphatic carbocycles. The van der Waals surface area contributed by atoms with Gasteiger partial charge in [0, 0.05) is 19.5 Å². The maximum absolute atomic E-state index is 11.7. The molecule has 4 N–H and O–H groups in total. The molecule has 2 aliphatic rings. The van der Waals surface area contributed by atoms with E-state index in [1.54, 1.807) is 4.90 Å². The maximum atomic E-state index is 11.7. The minimum atomic E-state index is -5.11. The lowest BCUT2D eigenvalue weighted by Crippen LogP contribution is -2.41. The topological polar surface area (TPSA) is 131 Å². The zero-order chi connectivity index (χ0) is 15.2. The van der Waals surface area contributed by atoms with Crippen LogP contribution >= 0.6 is 26.8 Å². The number of alkyl halides is 1. The van der Waals surface area contributed by atoms with E-state index in [4.69, 9.17) is 11.6 Å². The minimum absolute atomic E-state index is 0.0911. The monoisotopic (exact) mass is 346 g/mol. The van der Waals surface area contributed by atoms with Crippen molar-refractivity contribution >= 4 is 32.6 Å². The molecule has 11 heteroatoms. The van der Waals surface area contributed by atoms with E-state index in [-0.39, 0.29) is 18.2 Å². The second-order valence-electron chi connectivity index (χ2n) is 5.08. The van der Waals surface area contributed by atoms with Crippen LogP contribution in [0, 0.1) is 0 Å². The summed E-state index contributed by atoms with van der Waals surface area (Å²) in [6.45, 7) is 0.905. The second kappa shape index (κ2) is 5.36. The second-order valence-corrected chi connectivity index (χ2v) is 9.70. The number of halogens is 1. The molecule has 0 radical (unpaired) electrons. The highest BCUT2D eigenvalue weighted by Gasteiger charge is 2.61. The van der Waals surface area contributed by atoms with E-state index in [0.29, 0.717) is 31.8 Å². The van der Waals surface area contributed by atoms with Gasteiger partial charge in [-0.05, 0) is 19.3 Å². The molecule has 1 unspecified atom stereocenters. The van der Waals surface area contributed by atoms with Crippen LogP contribution in [0.5, 0.6) is 0 Å². The Bertz CT molecular complexity index is 493. The summed E-state index contributed by atoms with van der Waals surface area (Å²) >= 11 is 6.04. The van der Waals surface area contributed by atoms with E-state index in [2.05, 4.69) is 4.99 Å². The van der Waals surface area contributed by atoms with Crippen LogP contribution in [0.25, 0.3) is 0 Å². The zero-order valence-corrected chi connectivity index (χ0v) is 13.1. The van der Waals surface area contributed by atoms with Crippen molar-refractivity contribution in [3.05, 3.63) is 0 Å². The maximum Gasteiger partial charge on any atom is 0.365 e. The van der Waals surface area contributed by atoms with Gasteiger partial charge in [0.1, 0.15) is 5.84 Å². The van der Waals surface area contributed by atoms with Crippen LogP contribution in [0.4, 0.5) is 0 Å². The fourth-order valence-corrected chi connectivity index (χ4v) is 5.61. The van der Waals surface area contributed by atoms with Gasteiger partial charge >= 0.3 is 15.2 Å². The Balaban J connectivity index is 2.51. The normalized spacial score (nSPS) is 27.6. The molecule has 116 valence electrons. The van der Waals surface area contributed by atoms with E-state index in [1.807, 2.05) is 0 Å². The van der Waals surface area contributed by atoms with Crippen LogP contribution < -0.4 is 0 Å². The molecule has 0 bridgehead atoms. The van der Waals surface area contributed by atoms with E-state index >= 15 is 0 Å². The summed E-state index contributed by atoms with van der Waals surface area (Å²) in [7, 11) is -10.2. The van der Waals surface area contributed by atoms with Crippen molar-refractivity contribution in [2.75, 3.05) is 13.1 Å². The van der Waals surface area contributed by atoms with E-state index in [9.17, 15) is 28.7 Å². The predicted octanol–water partition coefficient (Wildman–Crippen LogP) is 0.891. The van der Waals surface area contributed by atoms with Crippen LogP contribution in [-0.4, -0.2) is 53.8 Å². The van der Waals surface area contributed by atoms with Crippen LogP contribution in [-0.2, 0) is 9.13 Å². The number of nitrogens with zero attached hydrogens (tertiary/aromatic N) is 2. The molecule has 2 heterocycles. The zero-order valence-electron chi connectivity index (χ0n) is 10.6. The highest BCUT2D eigenvalue weighted by atomic mass is 35.5. The van der Waals surface area contributed by atoms with Crippen LogP contribution in [0.1, 0.15) is 25.7 Å². The number of fused-ring (bicyclic) bond motifs is 1. The summed E-state index contributed by atoms with van der Waals surface area (Å²) in [5.41, 5.74) is 0. The average molecular weight is 347 g/mol. The first-order valence-corrected chi connectivity index (χ1v) is 9.82. The molecule has 8 nitrogen and oxygen atoms in total. The molecular formula is C9H17ClN2O6P2. The molecule has 20 heavy (non-hydrogen) atoms. The third-order valence-electron chi connectivity index (χ3n) is 3.65. The molecule has 1 saturated heterocycles. The molecule has 0 amide bonds. The summed E-state index contributed by atoms with van der Waals surface area (Å²) in [5, 5.41) is -2.74. The molecule has 0 saturated carbocycles. The molecule has 2 aliphatic heterocycles. The number of hydrogen-bond donors (Lipinski definition) is 4.